The van der Waals surface area contributed by atoms with Gasteiger partial charge in [0.2, 0.25) is 0 Å². The molecule has 0 aromatic heterocycles. The van der Waals surface area contributed by atoms with E-state index < -0.39 is 48.0 Å². The van der Waals surface area contributed by atoms with Gasteiger partial charge in [-0.2, -0.15) is 0 Å². The third-order valence-corrected chi connectivity index (χ3v) is 9.68. The van der Waals surface area contributed by atoms with Gasteiger partial charge in [-0.1, -0.05) is 39.4 Å². The molecular weight excluding hydrogens is 554 g/mol. The molecule has 0 aromatic carbocycles. The van der Waals surface area contributed by atoms with Crippen molar-refractivity contribution in [2.45, 2.75) is 129 Å². The Morgan fingerprint density at radius 3 is 2.37 bits per heavy atom. The van der Waals surface area contributed by atoms with Gasteiger partial charge in [-0.25, -0.2) is 0 Å². The molecule has 0 aliphatic carbocycles. The molecule has 2 rings (SSSR count). The summed E-state index contributed by atoms with van der Waals surface area (Å²) in [4.78, 5) is 21.0. The second kappa shape index (κ2) is 16.6. The molecule has 11 heteroatoms. The molecule has 0 spiro atoms. The molecule has 2 heterocycles. The summed E-state index contributed by atoms with van der Waals surface area (Å²) in [6, 6.07) is -0.314. The van der Waals surface area contributed by atoms with Crippen LogP contribution in [-0.4, -0.2) is 109 Å². The first-order valence-corrected chi connectivity index (χ1v) is 15.8. The van der Waals surface area contributed by atoms with Crippen molar-refractivity contribution in [1.82, 2.24) is 10.2 Å². The Morgan fingerprint density at radius 2 is 1.81 bits per heavy atom. The fourth-order valence-electron chi connectivity index (χ4n) is 6.74. The summed E-state index contributed by atoms with van der Waals surface area (Å²) in [7, 11) is 5.40. The zero-order valence-corrected chi connectivity index (χ0v) is 28.3. The Bertz CT molecular complexity index is 921. The van der Waals surface area contributed by atoms with Crippen molar-refractivity contribution < 1.29 is 38.8 Å². The molecule has 11 nitrogen and oxygen atoms in total. The summed E-state index contributed by atoms with van der Waals surface area (Å²) in [6.45, 7) is 19.8. The number of rotatable bonds is 7. The summed E-state index contributed by atoms with van der Waals surface area (Å²) in [5.74, 6) is -2.09. The predicted molar refractivity (Wildman–Crippen MR) is 166 cm³/mol. The van der Waals surface area contributed by atoms with Gasteiger partial charge in [0, 0.05) is 43.5 Å². The zero-order chi connectivity index (χ0) is 32.6. The monoisotopic (exact) mass is 613 g/mol. The van der Waals surface area contributed by atoms with Gasteiger partial charge in [-0.3, -0.25) is 9.69 Å². The highest BCUT2D eigenvalue weighted by Gasteiger charge is 2.49. The first kappa shape index (κ1) is 37.6. The molecule has 13 atom stereocenters. The molecule has 2 fully saturated rings. The predicted octanol–water partition coefficient (Wildman–Crippen LogP) is 3.33. The van der Waals surface area contributed by atoms with Crippen molar-refractivity contribution >= 4 is 11.7 Å². The van der Waals surface area contributed by atoms with E-state index in [1.165, 1.54) is 6.26 Å². The Kier molecular flexibility index (Phi) is 14.5. The number of cyclic esters (lactones) is 1. The Balaban J connectivity index is 2.65. The summed E-state index contributed by atoms with van der Waals surface area (Å²) in [5.41, 5.74) is -0.178. The fraction of sp³-hybridized carbons (Fsp3) is 0.875. The van der Waals surface area contributed by atoms with E-state index in [1.54, 1.807) is 21.1 Å². The maximum Gasteiger partial charge on any atom is 0.311 e. The molecule has 3 N–H and O–H groups in total. The lowest BCUT2D eigenvalue weighted by Crippen LogP contribution is -2.59. The van der Waals surface area contributed by atoms with Gasteiger partial charge in [-0.05, 0) is 61.1 Å². The summed E-state index contributed by atoms with van der Waals surface area (Å²) in [5, 5.41) is 30.4. The summed E-state index contributed by atoms with van der Waals surface area (Å²) in [6.07, 6.45) is -1.43. The average Bonchev–Trinajstić information content (AvgIpc) is 2.97. The van der Waals surface area contributed by atoms with E-state index in [4.69, 9.17) is 23.8 Å². The van der Waals surface area contributed by atoms with Gasteiger partial charge in [0.15, 0.2) is 6.29 Å². The second-order valence-corrected chi connectivity index (χ2v) is 13.0. The maximum atomic E-state index is 13.4. The van der Waals surface area contributed by atoms with Crippen LogP contribution in [0, 0.1) is 23.7 Å². The number of carbonyl (C=O) groups excluding carboxylic acids is 1. The molecule has 250 valence electrons. The topological polar surface area (TPSA) is 131 Å². The minimum Gasteiger partial charge on any atom is -0.460 e. The lowest BCUT2D eigenvalue weighted by Gasteiger charge is -2.47. The van der Waals surface area contributed by atoms with Crippen LogP contribution in [0.3, 0.4) is 0 Å². The highest BCUT2D eigenvalue weighted by Crippen LogP contribution is 2.38. The van der Waals surface area contributed by atoms with Crippen molar-refractivity contribution in [3.63, 3.8) is 0 Å². The average molecular weight is 614 g/mol. The molecule has 2 aliphatic rings. The zero-order valence-electron chi connectivity index (χ0n) is 28.3. The number of likely N-dealkylation sites (N-methyl/N-ethyl adjacent to an activating group) is 2. The van der Waals surface area contributed by atoms with Crippen LogP contribution in [0.2, 0.25) is 0 Å². The molecule has 0 saturated carbocycles. The van der Waals surface area contributed by atoms with Crippen molar-refractivity contribution in [3.8, 4) is 0 Å². The number of aliphatic hydroxyl groups excluding tert-OH is 2. The molecule has 43 heavy (non-hydrogen) atoms. The number of esters is 1. The number of carbonyl (C=O) groups is 1. The minimum atomic E-state index is -1.13. The number of aliphatic hydroxyl groups is 2. The summed E-state index contributed by atoms with van der Waals surface area (Å²) >= 11 is 0. The molecular formula is C32H59N3O8. The largest absolute Gasteiger partial charge is 0.460 e. The first-order valence-electron chi connectivity index (χ1n) is 15.8. The van der Waals surface area contributed by atoms with E-state index in [2.05, 4.69) is 35.8 Å². The Labute approximate surface area is 259 Å². The number of methoxy groups -OCH3 is 1. The third-order valence-electron chi connectivity index (χ3n) is 9.68. The molecule has 0 bridgehead atoms. The van der Waals surface area contributed by atoms with Crippen molar-refractivity contribution in [1.29, 1.82) is 0 Å². The lowest BCUT2D eigenvalue weighted by molar-refractivity contribution is -0.296. The lowest BCUT2D eigenvalue weighted by atomic mass is 9.76. The molecule has 2 aliphatic heterocycles. The highest BCUT2D eigenvalue weighted by atomic mass is 16.7. The van der Waals surface area contributed by atoms with Crippen LogP contribution in [-0.2, 0) is 28.6 Å². The van der Waals surface area contributed by atoms with E-state index in [-0.39, 0.29) is 36.1 Å². The van der Waals surface area contributed by atoms with Crippen LogP contribution in [0.1, 0.15) is 74.7 Å². The molecule has 0 radical (unpaired) electrons. The van der Waals surface area contributed by atoms with Gasteiger partial charge in [0.25, 0.3) is 0 Å². The van der Waals surface area contributed by atoms with Crippen LogP contribution in [0.4, 0.5) is 0 Å². The molecule has 13 unspecified atom stereocenters. The van der Waals surface area contributed by atoms with Gasteiger partial charge < -0.3 is 39.3 Å². The maximum absolute atomic E-state index is 13.4. The Hall–Kier alpha value is -1.60. The van der Waals surface area contributed by atoms with Gasteiger partial charge >= 0.3 is 5.97 Å². The van der Waals surface area contributed by atoms with Gasteiger partial charge in [-0.15, -0.1) is 0 Å². The van der Waals surface area contributed by atoms with Crippen molar-refractivity contribution in [2.75, 3.05) is 27.7 Å². The van der Waals surface area contributed by atoms with E-state index in [0.29, 0.717) is 25.8 Å². The van der Waals surface area contributed by atoms with Crippen LogP contribution in [0.25, 0.3) is 0 Å². The minimum absolute atomic E-state index is 0.0242. The Morgan fingerprint density at radius 1 is 1.16 bits per heavy atom. The number of nitrogens with zero attached hydrogens (tertiary/aromatic N) is 2. The van der Waals surface area contributed by atoms with E-state index >= 15 is 0 Å². The molecule has 2 saturated heterocycles. The number of hydrogen-bond acceptors (Lipinski definition) is 11. The third kappa shape index (κ3) is 9.22. The standard InChI is InChI=1S/C32H59N3O8/c1-13-25-23(8)35(11)17-19(4)26(34-40-14-2)18(3)16-32(9,39-12)29(21(6)27(36)22(7)30(38)42-25)43-31-28(37)24(33-10)15-20(5)41-31/h14,18-25,27-29,31,33,36-37H,2,13,15-17H2,1,3-12H3. The fourth-order valence-corrected chi connectivity index (χ4v) is 6.74. The number of hydrogen-bond donors (Lipinski definition) is 3. The summed E-state index contributed by atoms with van der Waals surface area (Å²) < 4.78 is 24.9. The van der Waals surface area contributed by atoms with E-state index in [9.17, 15) is 15.0 Å². The number of ether oxygens (including phenoxy) is 4. The number of nitrogens with one attached hydrogen (secondary N) is 1. The highest BCUT2D eigenvalue weighted by molar-refractivity contribution is 5.88. The van der Waals surface area contributed by atoms with Crippen molar-refractivity contribution in [2.24, 2.45) is 28.8 Å². The first-order chi connectivity index (χ1) is 20.1. The normalized spacial score (nSPS) is 43.8. The van der Waals surface area contributed by atoms with Crippen LogP contribution < -0.4 is 5.32 Å². The van der Waals surface area contributed by atoms with Gasteiger partial charge in [0.05, 0.1) is 35.5 Å². The molecule has 0 amide bonds. The molecule has 0 aromatic rings. The van der Waals surface area contributed by atoms with E-state index in [1.807, 2.05) is 41.7 Å². The number of oxime groups is 1. The van der Waals surface area contributed by atoms with Crippen LogP contribution in [0.15, 0.2) is 18.0 Å². The van der Waals surface area contributed by atoms with E-state index in [0.717, 1.165) is 5.71 Å². The second-order valence-electron chi connectivity index (χ2n) is 13.0. The smallest absolute Gasteiger partial charge is 0.311 e. The van der Waals surface area contributed by atoms with Crippen molar-refractivity contribution in [3.05, 3.63) is 12.8 Å². The van der Waals surface area contributed by atoms with Crippen LogP contribution in [0.5, 0.6) is 0 Å². The SMILES string of the molecule is C=CON=C1C(C)CN(C)C(C)C(CC)OC(=O)C(C)C(O)C(C)C(OC2OC(C)CC(NC)C2O)C(C)(OC)CC1C. The van der Waals surface area contributed by atoms with Crippen LogP contribution >= 0.6 is 0 Å². The van der Waals surface area contributed by atoms with Gasteiger partial charge in [0.1, 0.15) is 18.5 Å². The quantitative estimate of drug-likeness (QED) is 0.223.